The van der Waals surface area contributed by atoms with E-state index in [2.05, 4.69) is 5.32 Å². The number of carbonyl (C=O) groups is 1. The molecule has 3 rings (SSSR count). The lowest BCUT2D eigenvalue weighted by atomic mass is 10.2. The fraction of sp³-hybridized carbons (Fsp3) is 0.118. The van der Waals surface area contributed by atoms with Gasteiger partial charge in [0.15, 0.2) is 11.5 Å². The summed E-state index contributed by atoms with van der Waals surface area (Å²) in [7, 11) is 0. The Morgan fingerprint density at radius 3 is 2.91 bits per heavy atom. The third-order valence-corrected chi connectivity index (χ3v) is 3.63. The van der Waals surface area contributed by atoms with Crippen LogP contribution in [0.2, 0.25) is 5.02 Å². The van der Waals surface area contributed by atoms with E-state index < -0.39 is 5.82 Å². The van der Waals surface area contributed by atoms with Gasteiger partial charge in [0.25, 0.3) is 0 Å². The van der Waals surface area contributed by atoms with E-state index >= 15 is 0 Å². The van der Waals surface area contributed by atoms with Crippen LogP contribution < -0.4 is 14.8 Å². The highest BCUT2D eigenvalue weighted by Crippen LogP contribution is 2.32. The highest BCUT2D eigenvalue weighted by molar-refractivity contribution is 6.32. The van der Waals surface area contributed by atoms with Gasteiger partial charge >= 0.3 is 0 Å². The van der Waals surface area contributed by atoms with E-state index in [1.807, 2.05) is 6.07 Å². The summed E-state index contributed by atoms with van der Waals surface area (Å²) in [5.74, 6) is 0.527. The summed E-state index contributed by atoms with van der Waals surface area (Å²) in [4.78, 5) is 11.8. The molecule has 4 nitrogen and oxygen atoms in total. The van der Waals surface area contributed by atoms with Gasteiger partial charge in [0.05, 0.1) is 5.02 Å². The Kier molecular flexibility index (Phi) is 4.48. The van der Waals surface area contributed by atoms with E-state index in [1.165, 1.54) is 24.3 Å². The number of amides is 1. The summed E-state index contributed by atoms with van der Waals surface area (Å²) in [6.45, 7) is 0.530. The van der Waals surface area contributed by atoms with Crippen LogP contribution in [-0.2, 0) is 11.3 Å². The minimum absolute atomic E-state index is 0.187. The van der Waals surface area contributed by atoms with Crippen LogP contribution in [0.3, 0.4) is 0 Å². The maximum absolute atomic E-state index is 13.6. The van der Waals surface area contributed by atoms with Gasteiger partial charge < -0.3 is 14.8 Å². The van der Waals surface area contributed by atoms with Gasteiger partial charge in [-0.15, -0.1) is 0 Å². The molecule has 1 amide bonds. The molecule has 0 aromatic heterocycles. The molecule has 2 aromatic carbocycles. The number of hydrogen-bond acceptors (Lipinski definition) is 3. The van der Waals surface area contributed by atoms with Crippen molar-refractivity contribution < 1.29 is 18.7 Å². The van der Waals surface area contributed by atoms with Gasteiger partial charge in [-0.2, -0.15) is 0 Å². The maximum atomic E-state index is 13.6. The zero-order valence-electron chi connectivity index (χ0n) is 12.0. The number of rotatable bonds is 4. The van der Waals surface area contributed by atoms with Crippen LogP contribution in [0.15, 0.2) is 42.5 Å². The van der Waals surface area contributed by atoms with E-state index in [1.54, 1.807) is 18.2 Å². The molecule has 0 fully saturated rings. The lowest BCUT2D eigenvalue weighted by molar-refractivity contribution is -0.116. The van der Waals surface area contributed by atoms with Crippen molar-refractivity contribution in [3.8, 4) is 11.5 Å². The van der Waals surface area contributed by atoms with E-state index in [0.29, 0.717) is 18.0 Å². The second-order valence-corrected chi connectivity index (χ2v) is 5.28. The quantitative estimate of drug-likeness (QED) is 0.871. The van der Waals surface area contributed by atoms with E-state index in [4.69, 9.17) is 21.1 Å². The van der Waals surface area contributed by atoms with Crippen LogP contribution >= 0.6 is 11.6 Å². The van der Waals surface area contributed by atoms with E-state index in [-0.39, 0.29) is 23.3 Å². The molecule has 0 spiro atoms. The van der Waals surface area contributed by atoms with Gasteiger partial charge in [-0.1, -0.05) is 23.7 Å². The van der Waals surface area contributed by atoms with Gasteiger partial charge in [-0.3, -0.25) is 4.79 Å². The van der Waals surface area contributed by atoms with Crippen LogP contribution in [0.4, 0.5) is 4.39 Å². The van der Waals surface area contributed by atoms with Crippen molar-refractivity contribution in [3.63, 3.8) is 0 Å². The molecule has 0 bridgehead atoms. The standard InChI is InChI=1S/C17H13ClFNO3/c18-13-2-1-3-14(19)12(13)5-7-17(21)20-9-11-4-6-15-16(8-11)23-10-22-15/h1-8H,9-10H2,(H,20,21)/b7-5+. The number of fused-ring (bicyclic) bond motifs is 1. The third-order valence-electron chi connectivity index (χ3n) is 3.30. The van der Waals surface area contributed by atoms with Gasteiger partial charge in [0.2, 0.25) is 12.7 Å². The normalized spacial score (nSPS) is 12.6. The second kappa shape index (κ2) is 6.71. The summed E-state index contributed by atoms with van der Waals surface area (Å²) in [5.41, 5.74) is 1.06. The first-order valence-corrected chi connectivity index (χ1v) is 7.30. The monoisotopic (exact) mass is 333 g/mol. The molecule has 118 valence electrons. The molecule has 23 heavy (non-hydrogen) atoms. The Balaban J connectivity index is 1.60. The van der Waals surface area contributed by atoms with Gasteiger partial charge in [-0.25, -0.2) is 4.39 Å². The molecule has 0 saturated heterocycles. The zero-order valence-corrected chi connectivity index (χ0v) is 12.8. The predicted molar refractivity (Wildman–Crippen MR) is 84.9 cm³/mol. The molecular formula is C17H13ClFNO3. The Morgan fingerprint density at radius 1 is 1.26 bits per heavy atom. The van der Waals surface area contributed by atoms with Crippen LogP contribution in [0.25, 0.3) is 6.08 Å². The highest BCUT2D eigenvalue weighted by atomic mass is 35.5. The average molecular weight is 334 g/mol. The van der Waals surface area contributed by atoms with Crippen LogP contribution in [-0.4, -0.2) is 12.7 Å². The average Bonchev–Trinajstić information content (AvgIpc) is 3.00. The van der Waals surface area contributed by atoms with Crippen molar-refractivity contribution in [1.29, 1.82) is 0 Å². The summed E-state index contributed by atoms with van der Waals surface area (Å²) in [5, 5.41) is 2.97. The summed E-state index contributed by atoms with van der Waals surface area (Å²) in [6.07, 6.45) is 2.60. The first-order chi connectivity index (χ1) is 11.1. The van der Waals surface area contributed by atoms with Crippen molar-refractivity contribution in [2.75, 3.05) is 6.79 Å². The summed E-state index contributed by atoms with van der Waals surface area (Å²) >= 11 is 5.89. The van der Waals surface area contributed by atoms with E-state index in [0.717, 1.165) is 5.56 Å². The third kappa shape index (κ3) is 3.63. The largest absolute Gasteiger partial charge is 0.454 e. The topological polar surface area (TPSA) is 47.6 Å². The number of halogens is 2. The number of benzene rings is 2. The molecule has 0 saturated carbocycles. The number of ether oxygens (including phenoxy) is 2. The fourth-order valence-corrected chi connectivity index (χ4v) is 2.35. The van der Waals surface area contributed by atoms with Gasteiger partial charge in [-0.05, 0) is 35.9 Å². The first kappa shape index (κ1) is 15.4. The van der Waals surface area contributed by atoms with Crippen molar-refractivity contribution in [2.45, 2.75) is 6.54 Å². The van der Waals surface area contributed by atoms with Crippen molar-refractivity contribution in [2.24, 2.45) is 0 Å². The minimum Gasteiger partial charge on any atom is -0.454 e. The molecule has 0 aliphatic carbocycles. The Bertz CT molecular complexity index is 756. The van der Waals surface area contributed by atoms with Crippen LogP contribution in [0, 0.1) is 5.82 Å². The smallest absolute Gasteiger partial charge is 0.244 e. The molecule has 0 unspecified atom stereocenters. The number of hydrogen-bond donors (Lipinski definition) is 1. The van der Waals surface area contributed by atoms with Crippen molar-refractivity contribution >= 4 is 23.6 Å². The second-order valence-electron chi connectivity index (χ2n) is 4.87. The van der Waals surface area contributed by atoms with Crippen molar-refractivity contribution in [3.05, 3.63) is 64.4 Å². The Labute approximate surface area is 137 Å². The lowest BCUT2D eigenvalue weighted by Crippen LogP contribution is -2.20. The SMILES string of the molecule is O=C(/C=C/c1c(F)cccc1Cl)NCc1ccc2c(c1)OCO2. The molecule has 1 heterocycles. The van der Waals surface area contributed by atoms with Crippen LogP contribution in [0.1, 0.15) is 11.1 Å². The molecule has 1 aliphatic heterocycles. The number of nitrogens with one attached hydrogen (secondary N) is 1. The van der Waals surface area contributed by atoms with Crippen LogP contribution in [0.5, 0.6) is 11.5 Å². The predicted octanol–water partition coefficient (Wildman–Crippen LogP) is 3.54. The Hall–Kier alpha value is -2.53. The molecule has 1 aliphatic rings. The maximum Gasteiger partial charge on any atom is 0.244 e. The molecule has 6 heteroatoms. The molecule has 0 radical (unpaired) electrons. The van der Waals surface area contributed by atoms with Gasteiger partial charge in [0, 0.05) is 18.2 Å². The van der Waals surface area contributed by atoms with Gasteiger partial charge in [0.1, 0.15) is 5.82 Å². The molecule has 1 N–H and O–H groups in total. The molecule has 2 aromatic rings. The molecular weight excluding hydrogens is 321 g/mol. The number of carbonyl (C=O) groups excluding carboxylic acids is 1. The van der Waals surface area contributed by atoms with E-state index in [9.17, 15) is 9.18 Å². The highest BCUT2D eigenvalue weighted by Gasteiger charge is 2.13. The van der Waals surface area contributed by atoms with Crippen molar-refractivity contribution in [1.82, 2.24) is 5.32 Å². The fourth-order valence-electron chi connectivity index (χ4n) is 2.13. The zero-order chi connectivity index (χ0) is 16.2. The summed E-state index contributed by atoms with van der Waals surface area (Å²) in [6, 6.07) is 9.80. The molecule has 0 atom stereocenters. The lowest BCUT2D eigenvalue weighted by Gasteiger charge is -2.04. The Morgan fingerprint density at radius 2 is 2.09 bits per heavy atom. The minimum atomic E-state index is -0.475. The first-order valence-electron chi connectivity index (χ1n) is 6.92. The summed E-state index contributed by atoms with van der Waals surface area (Å²) < 4.78 is 24.1.